The van der Waals surface area contributed by atoms with Gasteiger partial charge in [0.2, 0.25) is 0 Å². The molecule has 0 bridgehead atoms. The van der Waals surface area contributed by atoms with Gasteiger partial charge in [0.25, 0.3) is 0 Å². The van der Waals surface area contributed by atoms with Crippen LogP contribution in [0.1, 0.15) is 96.6 Å². The second-order valence-corrected chi connectivity index (χ2v) is 16.7. The van der Waals surface area contributed by atoms with Crippen LogP contribution in [-0.4, -0.2) is 0 Å². The molecule has 8 aromatic rings. The number of anilines is 6. The van der Waals surface area contributed by atoms with Gasteiger partial charge in [-0.25, -0.2) is 0 Å². The summed E-state index contributed by atoms with van der Waals surface area (Å²) in [5, 5.41) is 27.4. The Balaban J connectivity index is 1.33. The Kier molecular flexibility index (Phi) is 9.07. The van der Waals surface area contributed by atoms with Gasteiger partial charge in [-0.1, -0.05) is 85.3 Å². The zero-order chi connectivity index (χ0) is 39.3. The van der Waals surface area contributed by atoms with Gasteiger partial charge < -0.3 is 9.80 Å². The fourth-order valence-electron chi connectivity index (χ4n) is 10.1. The monoisotopic (exact) mass is 750 g/mol. The Morgan fingerprint density at radius 2 is 0.724 bits per heavy atom. The van der Waals surface area contributed by atoms with E-state index in [1.54, 1.807) is 0 Å². The first-order valence-electron chi connectivity index (χ1n) is 21.0. The molecular formula is C54H46N4. The fraction of sp³-hybridized carbons (Fsp3) is 0.222. The smallest absolute Gasteiger partial charge is 0.0991 e. The average molecular weight is 751 g/mol. The minimum atomic E-state index is 0.487. The van der Waals surface area contributed by atoms with E-state index in [1.807, 2.05) is 24.3 Å². The van der Waals surface area contributed by atoms with Gasteiger partial charge in [0.05, 0.1) is 34.6 Å². The maximum absolute atomic E-state index is 9.75. The lowest BCUT2D eigenvalue weighted by molar-refractivity contribution is 0.729. The molecule has 0 N–H and O–H groups in total. The standard InChI is InChI=1S/C54H46N4/c1-35-11-19-41(20-12-35)57(43-23-15-37(33-55)16-24-43)51-31-49(39-7-3-4-8-39)45-28-30-48-52(32-50(40-9-5-6-10-40)46-27-29-47(51)53(45)54(46)48)58(42-21-13-36(2)14-22-42)44-25-17-38(34-56)18-26-44/h11-32,39-40H,3-10H2,1-2H3. The van der Waals surface area contributed by atoms with Crippen LogP contribution in [0.4, 0.5) is 34.1 Å². The third kappa shape index (κ3) is 6.12. The van der Waals surface area contributed by atoms with E-state index in [4.69, 9.17) is 0 Å². The summed E-state index contributed by atoms with van der Waals surface area (Å²) in [6.45, 7) is 4.28. The summed E-state index contributed by atoms with van der Waals surface area (Å²) >= 11 is 0. The van der Waals surface area contributed by atoms with Crippen molar-refractivity contribution in [3.63, 3.8) is 0 Å². The van der Waals surface area contributed by atoms with E-state index in [0.29, 0.717) is 23.0 Å². The molecule has 0 aromatic heterocycles. The molecule has 0 atom stereocenters. The van der Waals surface area contributed by atoms with Gasteiger partial charge in [-0.05, 0) is 169 Å². The lowest BCUT2D eigenvalue weighted by Crippen LogP contribution is -2.13. The van der Waals surface area contributed by atoms with Gasteiger partial charge in [0, 0.05) is 33.5 Å². The van der Waals surface area contributed by atoms with Gasteiger partial charge in [0.15, 0.2) is 0 Å². The van der Waals surface area contributed by atoms with Crippen molar-refractivity contribution < 1.29 is 0 Å². The molecule has 58 heavy (non-hydrogen) atoms. The van der Waals surface area contributed by atoms with Gasteiger partial charge in [-0.3, -0.25) is 0 Å². The number of hydrogen-bond donors (Lipinski definition) is 0. The molecule has 4 heteroatoms. The highest BCUT2D eigenvalue weighted by atomic mass is 15.1. The van der Waals surface area contributed by atoms with Crippen LogP contribution in [0.3, 0.4) is 0 Å². The zero-order valence-corrected chi connectivity index (χ0v) is 33.3. The molecule has 2 aliphatic carbocycles. The first kappa shape index (κ1) is 35.8. The normalized spacial score (nSPS) is 14.7. The minimum absolute atomic E-state index is 0.487. The van der Waals surface area contributed by atoms with E-state index in [0.717, 1.165) is 22.7 Å². The summed E-state index contributed by atoms with van der Waals surface area (Å²) in [5.74, 6) is 0.973. The number of rotatable bonds is 8. The van der Waals surface area contributed by atoms with Gasteiger partial charge >= 0.3 is 0 Å². The Morgan fingerprint density at radius 1 is 0.414 bits per heavy atom. The molecule has 2 aliphatic rings. The summed E-state index contributed by atoms with van der Waals surface area (Å²) in [7, 11) is 0. The highest BCUT2D eigenvalue weighted by Crippen LogP contribution is 2.53. The van der Waals surface area contributed by atoms with E-state index < -0.39 is 0 Å². The van der Waals surface area contributed by atoms with Crippen molar-refractivity contribution in [3.8, 4) is 12.1 Å². The summed E-state index contributed by atoms with van der Waals surface area (Å²) in [6.07, 6.45) is 9.81. The summed E-state index contributed by atoms with van der Waals surface area (Å²) in [6, 6.07) is 53.2. The Labute approximate surface area is 341 Å². The van der Waals surface area contributed by atoms with Crippen molar-refractivity contribution in [3.05, 3.63) is 167 Å². The van der Waals surface area contributed by atoms with Crippen molar-refractivity contribution in [2.24, 2.45) is 0 Å². The van der Waals surface area contributed by atoms with Crippen molar-refractivity contribution in [1.29, 1.82) is 10.5 Å². The first-order valence-corrected chi connectivity index (χ1v) is 21.0. The molecule has 0 spiro atoms. The number of benzene rings is 8. The van der Waals surface area contributed by atoms with Gasteiger partial charge in [0.1, 0.15) is 0 Å². The molecule has 282 valence electrons. The second kappa shape index (κ2) is 14.7. The molecule has 0 amide bonds. The maximum Gasteiger partial charge on any atom is 0.0991 e. The lowest BCUT2D eigenvalue weighted by Gasteiger charge is -2.32. The molecule has 10 rings (SSSR count). The van der Waals surface area contributed by atoms with Crippen LogP contribution in [0.25, 0.3) is 32.3 Å². The molecule has 0 aliphatic heterocycles. The SMILES string of the molecule is Cc1ccc(N(c2ccc(C#N)cc2)c2cc(C3CCCC3)c3ccc4c(N(c5ccc(C)cc5)c5ccc(C#N)cc5)cc(C5CCCC5)c5ccc2c3c54)cc1. The van der Waals surface area contributed by atoms with Crippen LogP contribution in [-0.2, 0) is 0 Å². The van der Waals surface area contributed by atoms with Crippen molar-refractivity contribution >= 4 is 66.4 Å². The molecule has 0 saturated heterocycles. The van der Waals surface area contributed by atoms with E-state index >= 15 is 0 Å². The predicted molar refractivity (Wildman–Crippen MR) is 241 cm³/mol. The molecular weight excluding hydrogens is 705 g/mol. The summed E-state index contributed by atoms with van der Waals surface area (Å²) < 4.78 is 0. The fourth-order valence-corrected chi connectivity index (χ4v) is 10.1. The topological polar surface area (TPSA) is 54.1 Å². The second-order valence-electron chi connectivity index (χ2n) is 16.7. The van der Waals surface area contributed by atoms with Crippen LogP contribution in [0.15, 0.2) is 133 Å². The number of nitrogens with zero attached hydrogens (tertiary/aromatic N) is 4. The predicted octanol–water partition coefficient (Wildman–Crippen LogP) is 15.2. The van der Waals surface area contributed by atoms with Crippen LogP contribution < -0.4 is 9.80 Å². The highest BCUT2D eigenvalue weighted by Gasteiger charge is 2.29. The number of nitriles is 2. The molecule has 8 aromatic carbocycles. The average Bonchev–Trinajstić information content (AvgIpc) is 4.02. The summed E-state index contributed by atoms with van der Waals surface area (Å²) in [4.78, 5) is 4.83. The highest BCUT2D eigenvalue weighted by molar-refractivity contribution is 6.29. The molecule has 0 unspecified atom stereocenters. The molecule has 4 nitrogen and oxygen atoms in total. The van der Waals surface area contributed by atoms with Crippen LogP contribution in [0.2, 0.25) is 0 Å². The third-order valence-electron chi connectivity index (χ3n) is 13.1. The van der Waals surface area contributed by atoms with Crippen molar-refractivity contribution in [1.82, 2.24) is 0 Å². The van der Waals surface area contributed by atoms with E-state index in [-0.39, 0.29) is 0 Å². The zero-order valence-electron chi connectivity index (χ0n) is 33.3. The van der Waals surface area contributed by atoms with E-state index in [1.165, 1.54) is 117 Å². The Bertz CT molecular complexity index is 2660. The molecule has 0 heterocycles. The minimum Gasteiger partial charge on any atom is -0.310 e. The van der Waals surface area contributed by atoms with E-state index in [9.17, 15) is 10.5 Å². The van der Waals surface area contributed by atoms with Crippen LogP contribution in [0, 0.1) is 36.5 Å². The maximum atomic E-state index is 9.75. The Hall–Kier alpha value is -6.62. The third-order valence-corrected chi connectivity index (χ3v) is 13.1. The molecule has 2 saturated carbocycles. The molecule has 0 radical (unpaired) electrons. The number of hydrogen-bond acceptors (Lipinski definition) is 4. The lowest BCUT2D eigenvalue weighted by atomic mass is 9.82. The number of aryl methyl sites for hydroxylation is 2. The largest absolute Gasteiger partial charge is 0.310 e. The quantitative estimate of drug-likeness (QED) is 0.145. The van der Waals surface area contributed by atoms with Crippen molar-refractivity contribution in [2.45, 2.75) is 77.0 Å². The van der Waals surface area contributed by atoms with Gasteiger partial charge in [-0.2, -0.15) is 10.5 Å². The first-order chi connectivity index (χ1) is 28.5. The van der Waals surface area contributed by atoms with Crippen LogP contribution in [0.5, 0.6) is 0 Å². The Morgan fingerprint density at radius 3 is 1.05 bits per heavy atom. The van der Waals surface area contributed by atoms with Crippen LogP contribution >= 0.6 is 0 Å². The molecule has 2 fully saturated rings. The van der Waals surface area contributed by atoms with E-state index in [2.05, 4.69) is 145 Å². The van der Waals surface area contributed by atoms with Gasteiger partial charge in [-0.15, -0.1) is 0 Å². The summed E-state index contributed by atoms with van der Waals surface area (Å²) in [5.41, 5.74) is 13.2. The van der Waals surface area contributed by atoms with Crippen molar-refractivity contribution in [2.75, 3.05) is 9.80 Å².